The van der Waals surface area contributed by atoms with Crippen LogP contribution in [-0.4, -0.2) is 12.6 Å². The van der Waals surface area contributed by atoms with E-state index in [-0.39, 0.29) is 0 Å². The molecule has 0 N–H and O–H groups in total. The Morgan fingerprint density at radius 2 is 2.29 bits per heavy atom. The van der Waals surface area contributed by atoms with Gasteiger partial charge >= 0.3 is 0 Å². The zero-order valence-corrected chi connectivity index (χ0v) is 6.66. The predicted octanol–water partition coefficient (Wildman–Crippen LogP) is 2.06. The van der Waals surface area contributed by atoms with Crippen molar-refractivity contribution in [3.63, 3.8) is 0 Å². The molecule has 0 rings (SSSR count). The molecule has 7 heavy (non-hydrogen) atoms. The van der Waals surface area contributed by atoms with Crippen LogP contribution in [0, 0.1) is 0 Å². The largest absolute Gasteiger partial charge is 0.120 e. The number of alkyl halides is 1. The van der Waals surface area contributed by atoms with Crippen molar-refractivity contribution in [1.82, 2.24) is 0 Å². The topological polar surface area (TPSA) is 0 Å². The van der Waals surface area contributed by atoms with E-state index in [9.17, 15) is 0 Å². The smallest absolute Gasteiger partial charge is 0.0928 e. The molecule has 0 aromatic heterocycles. The van der Waals surface area contributed by atoms with Crippen LogP contribution in [0.15, 0.2) is 0 Å². The molecule has 1 unspecified atom stereocenters. The van der Waals surface area contributed by atoms with Gasteiger partial charge in [0.1, 0.15) is 7.28 Å². The standard InChI is InChI=1S/C5H12BBr/c1-5(6-2)3-4-7/h5-6H,3-4H2,1-2H3. The van der Waals surface area contributed by atoms with Gasteiger partial charge in [-0.2, -0.15) is 0 Å². The summed E-state index contributed by atoms with van der Waals surface area (Å²) in [5.41, 5.74) is 0. The molecule has 0 aliphatic heterocycles. The summed E-state index contributed by atoms with van der Waals surface area (Å²) in [7, 11) is 1.31. The Morgan fingerprint density at radius 1 is 1.71 bits per heavy atom. The molecule has 0 radical (unpaired) electrons. The molecule has 0 saturated carbocycles. The lowest BCUT2D eigenvalue weighted by Gasteiger charge is -2.00. The normalized spacial score (nSPS) is 13.6. The number of rotatable bonds is 3. The number of hydrogen-bond donors (Lipinski definition) is 0. The summed E-state index contributed by atoms with van der Waals surface area (Å²) in [4.78, 5) is 0. The summed E-state index contributed by atoms with van der Waals surface area (Å²) in [6, 6.07) is 0. The van der Waals surface area contributed by atoms with Gasteiger partial charge in [0.05, 0.1) is 0 Å². The quantitative estimate of drug-likeness (QED) is 0.441. The highest BCUT2D eigenvalue weighted by Gasteiger charge is 1.95. The molecule has 0 aliphatic carbocycles. The Morgan fingerprint density at radius 3 is 2.43 bits per heavy atom. The van der Waals surface area contributed by atoms with Crippen molar-refractivity contribution in [3.05, 3.63) is 0 Å². The van der Waals surface area contributed by atoms with Crippen molar-refractivity contribution in [2.24, 2.45) is 0 Å². The highest BCUT2D eigenvalue weighted by atomic mass is 79.9. The van der Waals surface area contributed by atoms with E-state index in [0.717, 1.165) is 11.1 Å². The second-order valence-corrected chi connectivity index (χ2v) is 2.78. The average molecular weight is 163 g/mol. The van der Waals surface area contributed by atoms with Crippen molar-refractivity contribution in [3.8, 4) is 0 Å². The SMILES string of the molecule is CBC(C)CCBr. The zero-order chi connectivity index (χ0) is 5.70. The maximum atomic E-state index is 3.39. The zero-order valence-electron chi connectivity index (χ0n) is 5.08. The molecule has 0 aliphatic rings. The van der Waals surface area contributed by atoms with Gasteiger partial charge < -0.3 is 0 Å². The number of hydrogen-bond acceptors (Lipinski definition) is 0. The monoisotopic (exact) mass is 162 g/mol. The highest BCUT2D eigenvalue weighted by molar-refractivity contribution is 9.09. The van der Waals surface area contributed by atoms with Crippen LogP contribution in [0.5, 0.6) is 0 Å². The summed E-state index contributed by atoms with van der Waals surface area (Å²) < 4.78 is 0. The summed E-state index contributed by atoms with van der Waals surface area (Å²) in [6.07, 6.45) is 1.32. The van der Waals surface area contributed by atoms with E-state index in [2.05, 4.69) is 29.7 Å². The summed E-state index contributed by atoms with van der Waals surface area (Å²) >= 11 is 3.39. The minimum absolute atomic E-state index is 0.902. The van der Waals surface area contributed by atoms with Gasteiger partial charge in [0.15, 0.2) is 0 Å². The fourth-order valence-electron chi connectivity index (χ4n) is 0.390. The summed E-state index contributed by atoms with van der Waals surface area (Å²) in [6.45, 7) is 4.51. The van der Waals surface area contributed by atoms with Crippen LogP contribution in [0.4, 0.5) is 0 Å². The van der Waals surface area contributed by atoms with Crippen LogP contribution in [-0.2, 0) is 0 Å². The van der Waals surface area contributed by atoms with Crippen molar-refractivity contribution >= 4 is 23.2 Å². The van der Waals surface area contributed by atoms with Crippen molar-refractivity contribution in [2.75, 3.05) is 5.33 Å². The third kappa shape index (κ3) is 4.40. The lowest BCUT2D eigenvalue weighted by Crippen LogP contribution is -1.93. The Balaban J connectivity index is 2.83. The van der Waals surface area contributed by atoms with Gasteiger partial charge in [-0.25, -0.2) is 0 Å². The first-order chi connectivity index (χ1) is 3.31. The molecule has 0 amide bonds. The van der Waals surface area contributed by atoms with E-state index < -0.39 is 0 Å². The first-order valence-electron chi connectivity index (χ1n) is 2.87. The van der Waals surface area contributed by atoms with Gasteiger partial charge in [0.25, 0.3) is 0 Å². The van der Waals surface area contributed by atoms with Gasteiger partial charge in [-0.05, 0) is 6.42 Å². The van der Waals surface area contributed by atoms with Crippen LogP contribution >= 0.6 is 15.9 Å². The first-order valence-corrected chi connectivity index (χ1v) is 3.99. The van der Waals surface area contributed by atoms with Gasteiger partial charge in [-0.1, -0.05) is 35.5 Å². The minimum atomic E-state index is 0.902. The Kier molecular flexibility index (Phi) is 5.06. The van der Waals surface area contributed by atoms with Gasteiger partial charge in [-0.15, -0.1) is 0 Å². The fraction of sp³-hybridized carbons (Fsp3) is 1.00. The van der Waals surface area contributed by atoms with E-state index in [1.54, 1.807) is 0 Å². The molecule has 0 bridgehead atoms. The molecule has 0 saturated heterocycles. The van der Waals surface area contributed by atoms with Crippen LogP contribution in [0.2, 0.25) is 12.6 Å². The predicted molar refractivity (Wildman–Crippen MR) is 40.8 cm³/mol. The summed E-state index contributed by atoms with van der Waals surface area (Å²) in [5.74, 6) is 0.902. The van der Waals surface area contributed by atoms with E-state index in [1.807, 2.05) is 0 Å². The fourth-order valence-corrected chi connectivity index (χ4v) is 1.17. The lowest BCUT2D eigenvalue weighted by atomic mass is 9.67. The Hall–Kier alpha value is 0.545. The van der Waals surface area contributed by atoms with Gasteiger partial charge in [-0.3, -0.25) is 0 Å². The molecule has 0 fully saturated rings. The molecule has 0 spiro atoms. The molecule has 0 aromatic rings. The highest BCUT2D eigenvalue weighted by Crippen LogP contribution is 2.07. The van der Waals surface area contributed by atoms with Gasteiger partial charge in [0, 0.05) is 5.33 Å². The molecule has 0 aromatic carbocycles. The molecular weight excluding hydrogens is 151 g/mol. The second kappa shape index (κ2) is 4.70. The summed E-state index contributed by atoms with van der Waals surface area (Å²) in [5, 5.41) is 1.15. The molecule has 42 valence electrons. The second-order valence-electron chi connectivity index (χ2n) is 1.99. The van der Waals surface area contributed by atoms with Crippen LogP contribution in [0.1, 0.15) is 13.3 Å². The Bertz CT molecular complexity index is 39.1. The van der Waals surface area contributed by atoms with E-state index in [0.29, 0.717) is 0 Å². The minimum Gasteiger partial charge on any atom is -0.0928 e. The van der Waals surface area contributed by atoms with Crippen molar-refractivity contribution in [1.29, 1.82) is 0 Å². The van der Waals surface area contributed by atoms with E-state index in [4.69, 9.17) is 0 Å². The average Bonchev–Trinajstić information content (AvgIpc) is 1.68. The van der Waals surface area contributed by atoms with Crippen LogP contribution in [0.3, 0.4) is 0 Å². The van der Waals surface area contributed by atoms with Crippen molar-refractivity contribution in [2.45, 2.75) is 26.0 Å². The lowest BCUT2D eigenvalue weighted by molar-refractivity contribution is 0.886. The molecule has 0 nitrogen and oxygen atoms in total. The molecule has 1 atom stereocenters. The van der Waals surface area contributed by atoms with Crippen molar-refractivity contribution < 1.29 is 0 Å². The number of halogens is 1. The molecule has 2 heteroatoms. The Labute approximate surface area is 55.1 Å². The van der Waals surface area contributed by atoms with E-state index in [1.165, 1.54) is 13.7 Å². The molecule has 0 heterocycles. The third-order valence-electron chi connectivity index (χ3n) is 1.30. The van der Waals surface area contributed by atoms with Crippen LogP contribution < -0.4 is 0 Å². The maximum Gasteiger partial charge on any atom is 0.120 e. The van der Waals surface area contributed by atoms with Gasteiger partial charge in [0.2, 0.25) is 0 Å². The maximum absolute atomic E-state index is 3.39. The third-order valence-corrected chi connectivity index (χ3v) is 1.76. The van der Waals surface area contributed by atoms with E-state index >= 15 is 0 Å². The first kappa shape index (κ1) is 7.54. The van der Waals surface area contributed by atoms with Crippen LogP contribution in [0.25, 0.3) is 0 Å². The molecular formula is C5H12BBr.